The van der Waals surface area contributed by atoms with E-state index in [0.717, 1.165) is 22.3 Å². The average Bonchev–Trinajstić information content (AvgIpc) is 3.08. The van der Waals surface area contributed by atoms with E-state index in [-0.39, 0.29) is 5.78 Å². The molecule has 0 spiro atoms. The predicted octanol–water partition coefficient (Wildman–Crippen LogP) is 9.65. The van der Waals surface area contributed by atoms with E-state index >= 15 is 0 Å². The molecule has 6 aromatic rings. The SMILES string of the molecule is O=C(/C=C/c1ccc(-c2ccc(C(=C(c3ccccc3)c3ccccc3)c3ccccc3)cc2)cc1)c1ccncc1. The Labute approximate surface area is 247 Å². The van der Waals surface area contributed by atoms with Crippen LogP contribution < -0.4 is 0 Å². The van der Waals surface area contributed by atoms with Crippen LogP contribution >= 0.6 is 0 Å². The van der Waals surface area contributed by atoms with Gasteiger partial charge in [-0.15, -0.1) is 0 Å². The number of ketones is 1. The molecule has 0 atom stereocenters. The van der Waals surface area contributed by atoms with Crippen LogP contribution in [-0.2, 0) is 0 Å². The number of allylic oxidation sites excluding steroid dienone is 1. The van der Waals surface area contributed by atoms with Crippen molar-refractivity contribution in [2.75, 3.05) is 0 Å². The first kappa shape index (κ1) is 26.6. The Hall–Kier alpha value is -5.60. The van der Waals surface area contributed by atoms with Crippen LogP contribution in [-0.4, -0.2) is 10.8 Å². The minimum atomic E-state index is -0.0373. The van der Waals surface area contributed by atoms with Gasteiger partial charge in [0.15, 0.2) is 5.78 Å². The molecule has 0 aliphatic carbocycles. The molecule has 1 heterocycles. The molecule has 1 aromatic heterocycles. The first-order chi connectivity index (χ1) is 20.8. The van der Waals surface area contributed by atoms with E-state index in [4.69, 9.17) is 0 Å². The Morgan fingerprint density at radius 3 is 1.29 bits per heavy atom. The smallest absolute Gasteiger partial charge is 0.185 e. The number of rotatable bonds is 8. The normalized spacial score (nSPS) is 10.9. The van der Waals surface area contributed by atoms with Crippen molar-refractivity contribution in [3.63, 3.8) is 0 Å². The monoisotopic (exact) mass is 539 g/mol. The minimum Gasteiger partial charge on any atom is -0.289 e. The van der Waals surface area contributed by atoms with Crippen molar-refractivity contribution in [3.8, 4) is 11.1 Å². The van der Waals surface area contributed by atoms with Crippen molar-refractivity contribution in [2.24, 2.45) is 0 Å². The molecule has 42 heavy (non-hydrogen) atoms. The highest BCUT2D eigenvalue weighted by Crippen LogP contribution is 2.37. The molecule has 0 amide bonds. The van der Waals surface area contributed by atoms with Gasteiger partial charge in [0.05, 0.1) is 0 Å². The fourth-order valence-electron chi connectivity index (χ4n) is 5.13. The van der Waals surface area contributed by atoms with Crippen LogP contribution in [0.15, 0.2) is 170 Å². The summed E-state index contributed by atoms with van der Waals surface area (Å²) in [6.45, 7) is 0. The fourth-order valence-corrected chi connectivity index (χ4v) is 5.13. The zero-order valence-corrected chi connectivity index (χ0v) is 23.1. The first-order valence-corrected chi connectivity index (χ1v) is 14.0. The highest BCUT2D eigenvalue weighted by atomic mass is 16.1. The number of pyridine rings is 1. The predicted molar refractivity (Wildman–Crippen MR) is 174 cm³/mol. The number of aromatic nitrogens is 1. The first-order valence-electron chi connectivity index (χ1n) is 14.0. The van der Waals surface area contributed by atoms with Gasteiger partial charge in [0.2, 0.25) is 0 Å². The van der Waals surface area contributed by atoms with Crippen molar-refractivity contribution in [3.05, 3.63) is 204 Å². The fraction of sp³-hybridized carbons (Fsp3) is 0. The largest absolute Gasteiger partial charge is 0.289 e. The minimum absolute atomic E-state index is 0.0373. The summed E-state index contributed by atoms with van der Waals surface area (Å²) in [5.74, 6) is -0.0373. The quantitative estimate of drug-likeness (QED) is 0.109. The van der Waals surface area contributed by atoms with Crippen molar-refractivity contribution < 1.29 is 4.79 Å². The second-order valence-corrected chi connectivity index (χ2v) is 9.98. The summed E-state index contributed by atoms with van der Waals surface area (Å²) in [5.41, 5.74) is 10.9. The van der Waals surface area contributed by atoms with Gasteiger partial charge in [-0.2, -0.15) is 0 Å². The number of benzene rings is 5. The van der Waals surface area contributed by atoms with Gasteiger partial charge >= 0.3 is 0 Å². The summed E-state index contributed by atoms with van der Waals surface area (Å²) >= 11 is 0. The van der Waals surface area contributed by atoms with E-state index in [1.54, 1.807) is 30.6 Å². The molecule has 0 aliphatic rings. The Balaban J connectivity index is 1.35. The number of carbonyl (C=O) groups excluding carboxylic acids is 1. The van der Waals surface area contributed by atoms with Crippen LogP contribution in [0.4, 0.5) is 0 Å². The molecule has 0 N–H and O–H groups in total. The topological polar surface area (TPSA) is 30.0 Å². The molecule has 200 valence electrons. The second kappa shape index (κ2) is 12.7. The van der Waals surface area contributed by atoms with E-state index in [1.807, 2.05) is 18.2 Å². The zero-order valence-electron chi connectivity index (χ0n) is 23.1. The number of nitrogens with zero attached hydrogens (tertiary/aromatic N) is 1. The van der Waals surface area contributed by atoms with Crippen LogP contribution in [0.3, 0.4) is 0 Å². The highest BCUT2D eigenvalue weighted by molar-refractivity contribution is 6.07. The van der Waals surface area contributed by atoms with Crippen molar-refractivity contribution >= 4 is 23.0 Å². The lowest BCUT2D eigenvalue weighted by molar-refractivity contribution is 0.104. The third-order valence-electron chi connectivity index (χ3n) is 7.25. The van der Waals surface area contributed by atoms with Crippen LogP contribution in [0.1, 0.15) is 38.2 Å². The summed E-state index contributed by atoms with van der Waals surface area (Å²) in [5, 5.41) is 0. The van der Waals surface area contributed by atoms with Crippen LogP contribution in [0.5, 0.6) is 0 Å². The van der Waals surface area contributed by atoms with Crippen molar-refractivity contribution in [2.45, 2.75) is 0 Å². The summed E-state index contributed by atoms with van der Waals surface area (Å²) < 4.78 is 0. The maximum atomic E-state index is 12.4. The molecule has 0 saturated carbocycles. The third-order valence-corrected chi connectivity index (χ3v) is 7.25. The van der Waals surface area contributed by atoms with Gasteiger partial charge in [-0.05, 0) is 68.3 Å². The van der Waals surface area contributed by atoms with Gasteiger partial charge in [-0.25, -0.2) is 0 Å². The maximum Gasteiger partial charge on any atom is 0.185 e. The lowest BCUT2D eigenvalue weighted by atomic mass is 9.85. The van der Waals surface area contributed by atoms with E-state index in [0.29, 0.717) is 5.56 Å². The Morgan fingerprint density at radius 2 is 0.833 bits per heavy atom. The lowest BCUT2D eigenvalue weighted by Crippen LogP contribution is -1.97. The van der Waals surface area contributed by atoms with Gasteiger partial charge in [-0.1, -0.05) is 146 Å². The van der Waals surface area contributed by atoms with E-state index in [1.165, 1.54) is 27.8 Å². The molecule has 2 heteroatoms. The van der Waals surface area contributed by atoms with E-state index in [2.05, 4.69) is 132 Å². The van der Waals surface area contributed by atoms with Gasteiger partial charge in [-0.3, -0.25) is 9.78 Å². The molecule has 5 aromatic carbocycles. The number of hydrogen-bond acceptors (Lipinski definition) is 2. The molecule has 0 bridgehead atoms. The molecule has 0 unspecified atom stereocenters. The summed E-state index contributed by atoms with van der Waals surface area (Å²) in [4.78, 5) is 16.4. The van der Waals surface area contributed by atoms with Gasteiger partial charge in [0.1, 0.15) is 0 Å². The molecule has 0 radical (unpaired) electrons. The molecule has 6 rings (SSSR count). The lowest BCUT2D eigenvalue weighted by Gasteiger charge is -2.18. The van der Waals surface area contributed by atoms with Gasteiger partial charge in [0, 0.05) is 18.0 Å². The molecule has 0 fully saturated rings. The molecule has 0 aliphatic heterocycles. The Morgan fingerprint density at radius 1 is 0.429 bits per heavy atom. The molecular formula is C40H29NO. The molecule has 2 nitrogen and oxygen atoms in total. The Bertz CT molecular complexity index is 1780. The summed E-state index contributed by atoms with van der Waals surface area (Å²) in [6.07, 6.45) is 6.71. The standard InChI is InChI=1S/C40H29NO/c42-38(33-26-28-41-29-27-33)25-18-30-16-19-31(20-17-30)32-21-23-37(24-22-32)40(36-14-8-3-9-15-36)39(34-10-4-1-5-11-34)35-12-6-2-7-13-35/h1-29H/b25-18+. The van der Waals surface area contributed by atoms with Crippen LogP contribution in [0.25, 0.3) is 28.3 Å². The molecular weight excluding hydrogens is 510 g/mol. The van der Waals surface area contributed by atoms with Crippen molar-refractivity contribution in [1.29, 1.82) is 0 Å². The van der Waals surface area contributed by atoms with E-state index in [9.17, 15) is 4.79 Å². The zero-order chi connectivity index (χ0) is 28.6. The summed E-state index contributed by atoms with van der Waals surface area (Å²) in [6, 6.07) is 52.3. The van der Waals surface area contributed by atoms with Gasteiger partial charge < -0.3 is 0 Å². The average molecular weight is 540 g/mol. The second-order valence-electron chi connectivity index (χ2n) is 9.98. The number of carbonyl (C=O) groups is 1. The third kappa shape index (κ3) is 6.09. The van der Waals surface area contributed by atoms with Gasteiger partial charge in [0.25, 0.3) is 0 Å². The highest BCUT2D eigenvalue weighted by Gasteiger charge is 2.16. The van der Waals surface area contributed by atoms with Crippen molar-refractivity contribution in [1.82, 2.24) is 4.98 Å². The summed E-state index contributed by atoms with van der Waals surface area (Å²) in [7, 11) is 0. The van der Waals surface area contributed by atoms with Crippen LogP contribution in [0.2, 0.25) is 0 Å². The maximum absolute atomic E-state index is 12.4. The molecule has 0 saturated heterocycles. The Kier molecular flexibility index (Phi) is 8.06. The van der Waals surface area contributed by atoms with Crippen LogP contribution in [0, 0.1) is 0 Å². The van der Waals surface area contributed by atoms with E-state index < -0.39 is 0 Å². The number of hydrogen-bond donors (Lipinski definition) is 0.